The van der Waals surface area contributed by atoms with E-state index < -0.39 is 6.10 Å². The minimum Gasteiger partial charge on any atom is -0.481 e. The SMILES string of the molecule is C=CCSc1nnc(NC(=O)[C@H](C)Oc2cc(C)ccc2C(C)C)s1. The number of hydrogen-bond donors (Lipinski definition) is 1. The molecule has 1 aromatic carbocycles. The Hall–Kier alpha value is -1.86. The van der Waals surface area contributed by atoms with Crippen molar-refractivity contribution in [2.75, 3.05) is 11.1 Å². The molecule has 0 aliphatic carbocycles. The molecule has 134 valence electrons. The number of anilines is 1. The molecule has 0 fully saturated rings. The summed E-state index contributed by atoms with van der Waals surface area (Å²) in [4.78, 5) is 12.4. The zero-order valence-corrected chi connectivity index (χ0v) is 16.5. The third kappa shape index (κ3) is 5.57. The number of aryl methyl sites for hydroxylation is 1. The van der Waals surface area contributed by atoms with Gasteiger partial charge >= 0.3 is 0 Å². The van der Waals surface area contributed by atoms with Gasteiger partial charge in [0.15, 0.2) is 10.4 Å². The van der Waals surface area contributed by atoms with Gasteiger partial charge in [0, 0.05) is 5.75 Å². The number of thioether (sulfide) groups is 1. The van der Waals surface area contributed by atoms with Gasteiger partial charge in [-0.1, -0.05) is 55.2 Å². The lowest BCUT2D eigenvalue weighted by atomic mass is 10.0. The third-order valence-electron chi connectivity index (χ3n) is 3.43. The molecule has 2 rings (SSSR count). The first-order valence-electron chi connectivity index (χ1n) is 8.06. The number of amides is 1. The van der Waals surface area contributed by atoms with Crippen molar-refractivity contribution < 1.29 is 9.53 Å². The van der Waals surface area contributed by atoms with Gasteiger partial charge in [-0.3, -0.25) is 10.1 Å². The van der Waals surface area contributed by atoms with Crippen LogP contribution in [0.4, 0.5) is 5.13 Å². The van der Waals surface area contributed by atoms with Crippen molar-refractivity contribution in [3.63, 3.8) is 0 Å². The highest BCUT2D eigenvalue weighted by molar-refractivity contribution is 8.01. The maximum atomic E-state index is 12.4. The molecular formula is C18H23N3O2S2. The van der Waals surface area contributed by atoms with Crippen LogP contribution in [0.2, 0.25) is 0 Å². The molecule has 0 aliphatic rings. The minimum absolute atomic E-state index is 0.243. The molecule has 1 amide bonds. The van der Waals surface area contributed by atoms with Crippen LogP contribution in [0.1, 0.15) is 37.8 Å². The zero-order valence-electron chi connectivity index (χ0n) is 14.9. The first kappa shape index (κ1) is 19.5. The van der Waals surface area contributed by atoms with Gasteiger partial charge in [0.1, 0.15) is 5.75 Å². The Bertz CT molecular complexity index is 744. The van der Waals surface area contributed by atoms with Crippen LogP contribution in [0.15, 0.2) is 35.2 Å². The molecule has 2 aromatic rings. The molecule has 0 saturated carbocycles. The largest absolute Gasteiger partial charge is 0.481 e. The van der Waals surface area contributed by atoms with Crippen LogP contribution in [-0.4, -0.2) is 28.0 Å². The molecule has 1 aromatic heterocycles. The number of benzene rings is 1. The average molecular weight is 378 g/mol. The van der Waals surface area contributed by atoms with E-state index in [9.17, 15) is 4.79 Å². The van der Waals surface area contributed by atoms with Crippen LogP contribution < -0.4 is 10.1 Å². The van der Waals surface area contributed by atoms with E-state index in [1.54, 1.807) is 13.0 Å². The number of carbonyl (C=O) groups excluding carboxylic acids is 1. The van der Waals surface area contributed by atoms with Crippen LogP contribution in [-0.2, 0) is 4.79 Å². The van der Waals surface area contributed by atoms with Crippen LogP contribution in [0.3, 0.4) is 0 Å². The van der Waals surface area contributed by atoms with Gasteiger partial charge < -0.3 is 4.74 Å². The molecule has 1 N–H and O–H groups in total. The number of carbonyl (C=O) groups is 1. The molecule has 0 spiro atoms. The summed E-state index contributed by atoms with van der Waals surface area (Å²) in [5.41, 5.74) is 2.18. The fourth-order valence-corrected chi connectivity index (χ4v) is 3.64. The Labute approximate surface area is 156 Å². The van der Waals surface area contributed by atoms with Crippen molar-refractivity contribution in [1.82, 2.24) is 10.2 Å². The fourth-order valence-electron chi connectivity index (χ4n) is 2.12. The molecule has 1 heterocycles. The van der Waals surface area contributed by atoms with Gasteiger partial charge in [-0.2, -0.15) is 0 Å². The van der Waals surface area contributed by atoms with Gasteiger partial charge in [0.2, 0.25) is 5.13 Å². The highest BCUT2D eigenvalue weighted by Gasteiger charge is 2.19. The van der Waals surface area contributed by atoms with Crippen molar-refractivity contribution in [1.29, 1.82) is 0 Å². The number of nitrogens with one attached hydrogen (secondary N) is 1. The molecule has 0 radical (unpaired) electrons. The van der Waals surface area contributed by atoms with Crippen molar-refractivity contribution in [3.8, 4) is 5.75 Å². The predicted octanol–water partition coefficient (Wildman–Crippen LogP) is 4.65. The molecular weight excluding hydrogens is 354 g/mol. The molecule has 7 heteroatoms. The molecule has 0 bridgehead atoms. The van der Waals surface area contributed by atoms with Gasteiger partial charge in [-0.25, -0.2) is 0 Å². The standard InChI is InChI=1S/C18H23N3O2S2/c1-6-9-24-18-21-20-17(25-18)19-16(22)13(5)23-15-10-12(4)7-8-14(15)11(2)3/h6-8,10-11,13H,1,9H2,2-5H3,(H,19,20,22)/t13-/m0/s1. The van der Waals surface area contributed by atoms with E-state index in [0.29, 0.717) is 11.0 Å². The quantitative estimate of drug-likeness (QED) is 0.412. The first-order chi connectivity index (χ1) is 11.9. The molecule has 5 nitrogen and oxygen atoms in total. The Kier molecular flexibility index (Phi) is 7.01. The monoisotopic (exact) mass is 377 g/mol. The third-order valence-corrected chi connectivity index (χ3v) is 5.39. The van der Waals surface area contributed by atoms with E-state index in [1.165, 1.54) is 23.1 Å². The van der Waals surface area contributed by atoms with Gasteiger partial charge in [0.25, 0.3) is 5.91 Å². The summed E-state index contributed by atoms with van der Waals surface area (Å²) in [6.07, 6.45) is 1.17. The summed E-state index contributed by atoms with van der Waals surface area (Å²) < 4.78 is 6.72. The summed E-state index contributed by atoms with van der Waals surface area (Å²) >= 11 is 2.87. The summed E-state index contributed by atoms with van der Waals surface area (Å²) in [5.74, 6) is 1.58. The first-order valence-corrected chi connectivity index (χ1v) is 9.86. The summed E-state index contributed by atoms with van der Waals surface area (Å²) in [6, 6.07) is 6.07. The lowest BCUT2D eigenvalue weighted by molar-refractivity contribution is -0.122. The van der Waals surface area contributed by atoms with Crippen molar-refractivity contribution in [2.45, 2.75) is 44.1 Å². The summed E-state index contributed by atoms with van der Waals surface area (Å²) in [7, 11) is 0. The van der Waals surface area contributed by atoms with Gasteiger partial charge in [-0.15, -0.1) is 16.8 Å². The van der Waals surface area contributed by atoms with E-state index in [-0.39, 0.29) is 5.91 Å². The number of nitrogens with zero attached hydrogens (tertiary/aromatic N) is 2. The topological polar surface area (TPSA) is 64.1 Å². The number of ether oxygens (including phenoxy) is 1. The zero-order chi connectivity index (χ0) is 18.4. The molecule has 0 saturated heterocycles. The van der Waals surface area contributed by atoms with E-state index in [2.05, 4.69) is 42.0 Å². The number of aromatic nitrogens is 2. The summed E-state index contributed by atoms with van der Waals surface area (Å²) in [5, 5.41) is 11.2. The number of hydrogen-bond acceptors (Lipinski definition) is 6. The number of rotatable bonds is 8. The second kappa shape index (κ2) is 9.01. The van der Waals surface area contributed by atoms with Crippen molar-refractivity contribution in [2.24, 2.45) is 0 Å². The molecule has 1 atom stereocenters. The smallest absolute Gasteiger partial charge is 0.266 e. The Morgan fingerprint density at radius 2 is 2.16 bits per heavy atom. The van der Waals surface area contributed by atoms with Crippen molar-refractivity contribution in [3.05, 3.63) is 42.0 Å². The normalized spacial score (nSPS) is 12.0. The molecule has 25 heavy (non-hydrogen) atoms. The van der Waals surface area contributed by atoms with E-state index in [4.69, 9.17) is 4.74 Å². The minimum atomic E-state index is -0.632. The highest BCUT2D eigenvalue weighted by Crippen LogP contribution is 2.29. The summed E-state index contributed by atoms with van der Waals surface area (Å²) in [6.45, 7) is 11.6. The maximum Gasteiger partial charge on any atom is 0.266 e. The van der Waals surface area contributed by atoms with E-state index in [0.717, 1.165) is 27.0 Å². The Morgan fingerprint density at radius 3 is 2.84 bits per heavy atom. The maximum absolute atomic E-state index is 12.4. The predicted molar refractivity (Wildman–Crippen MR) is 105 cm³/mol. The Morgan fingerprint density at radius 1 is 1.40 bits per heavy atom. The second-order valence-corrected chi connectivity index (χ2v) is 8.16. The average Bonchev–Trinajstić information content (AvgIpc) is 3.00. The van der Waals surface area contributed by atoms with Crippen LogP contribution in [0, 0.1) is 6.92 Å². The van der Waals surface area contributed by atoms with Crippen LogP contribution in [0.5, 0.6) is 5.75 Å². The lowest BCUT2D eigenvalue weighted by Crippen LogP contribution is -2.30. The van der Waals surface area contributed by atoms with Gasteiger partial charge in [0.05, 0.1) is 0 Å². The fraction of sp³-hybridized carbons (Fsp3) is 0.389. The lowest BCUT2D eigenvalue weighted by Gasteiger charge is -2.18. The van der Waals surface area contributed by atoms with Crippen LogP contribution in [0.25, 0.3) is 0 Å². The van der Waals surface area contributed by atoms with E-state index in [1.807, 2.05) is 19.1 Å². The highest BCUT2D eigenvalue weighted by atomic mass is 32.2. The van der Waals surface area contributed by atoms with Crippen LogP contribution >= 0.6 is 23.1 Å². The Balaban J connectivity index is 2.02. The van der Waals surface area contributed by atoms with E-state index >= 15 is 0 Å². The second-order valence-electron chi connectivity index (χ2n) is 5.92. The van der Waals surface area contributed by atoms with Gasteiger partial charge in [-0.05, 0) is 37.0 Å². The molecule has 0 aliphatic heterocycles. The molecule has 0 unspecified atom stereocenters. The van der Waals surface area contributed by atoms with Crippen molar-refractivity contribution >= 4 is 34.1 Å².